The van der Waals surface area contributed by atoms with Crippen LogP contribution in [0.2, 0.25) is 0 Å². The van der Waals surface area contributed by atoms with Gasteiger partial charge in [0.15, 0.2) is 0 Å². The van der Waals surface area contributed by atoms with Crippen LogP contribution in [0.3, 0.4) is 0 Å². The van der Waals surface area contributed by atoms with E-state index in [1.807, 2.05) is 13.8 Å². The Morgan fingerprint density at radius 2 is 2.27 bits per heavy atom. The molecule has 1 rings (SSSR count). The Balaban J connectivity index is 2.20. The lowest BCUT2D eigenvalue weighted by molar-refractivity contribution is 0.226. The Morgan fingerprint density at radius 1 is 1.53 bits per heavy atom. The van der Waals surface area contributed by atoms with Crippen molar-refractivity contribution in [3.8, 4) is 0 Å². The smallest absolute Gasteiger partial charge is 0.314 e. The lowest BCUT2D eigenvalue weighted by atomic mass is 9.88. The van der Waals surface area contributed by atoms with Gasteiger partial charge in [-0.1, -0.05) is 6.92 Å². The third-order valence-corrected chi connectivity index (χ3v) is 2.93. The first-order valence-corrected chi connectivity index (χ1v) is 5.84. The van der Waals surface area contributed by atoms with Crippen molar-refractivity contribution in [1.29, 1.82) is 0 Å². The van der Waals surface area contributed by atoms with Gasteiger partial charge in [0.1, 0.15) is 0 Å². The normalized spacial score (nSPS) is 26.4. The van der Waals surface area contributed by atoms with E-state index in [-0.39, 0.29) is 12.1 Å². The highest BCUT2D eigenvalue weighted by atomic mass is 16.2. The van der Waals surface area contributed by atoms with E-state index in [9.17, 15) is 4.79 Å². The van der Waals surface area contributed by atoms with Gasteiger partial charge in [0, 0.05) is 12.6 Å². The van der Waals surface area contributed by atoms with Gasteiger partial charge in [-0.15, -0.1) is 0 Å². The highest BCUT2D eigenvalue weighted by Gasteiger charge is 2.21. The van der Waals surface area contributed by atoms with Crippen LogP contribution in [-0.2, 0) is 0 Å². The average molecular weight is 213 g/mol. The van der Waals surface area contributed by atoms with E-state index >= 15 is 0 Å². The second-order valence-electron chi connectivity index (χ2n) is 4.74. The predicted molar refractivity (Wildman–Crippen MR) is 61.8 cm³/mol. The summed E-state index contributed by atoms with van der Waals surface area (Å²) in [6.07, 6.45) is 1.21. The summed E-state index contributed by atoms with van der Waals surface area (Å²) < 4.78 is 0. The highest BCUT2D eigenvalue weighted by Crippen LogP contribution is 2.17. The maximum Gasteiger partial charge on any atom is 0.314 e. The monoisotopic (exact) mass is 213 g/mol. The minimum absolute atomic E-state index is 0.0530. The zero-order valence-corrected chi connectivity index (χ0v) is 9.97. The van der Waals surface area contributed by atoms with Gasteiger partial charge in [-0.3, -0.25) is 0 Å². The van der Waals surface area contributed by atoms with Crippen molar-refractivity contribution >= 4 is 6.03 Å². The Labute approximate surface area is 92.2 Å². The van der Waals surface area contributed by atoms with Crippen LogP contribution in [0.15, 0.2) is 0 Å². The maximum absolute atomic E-state index is 11.4. The fourth-order valence-electron chi connectivity index (χ4n) is 1.86. The molecule has 0 aliphatic carbocycles. The van der Waals surface area contributed by atoms with Crippen LogP contribution < -0.4 is 16.0 Å². The largest absolute Gasteiger partial charge is 0.338 e. The van der Waals surface area contributed by atoms with E-state index in [0.717, 1.165) is 19.6 Å². The summed E-state index contributed by atoms with van der Waals surface area (Å²) in [5.41, 5.74) is 0. The number of urea groups is 1. The summed E-state index contributed by atoms with van der Waals surface area (Å²) in [6.45, 7) is 9.08. The van der Waals surface area contributed by atoms with Crippen LogP contribution in [0.1, 0.15) is 27.2 Å². The molecule has 4 nitrogen and oxygen atoms in total. The van der Waals surface area contributed by atoms with Gasteiger partial charge in [0.25, 0.3) is 0 Å². The quantitative estimate of drug-likeness (QED) is 0.653. The Bertz CT molecular complexity index is 206. The summed E-state index contributed by atoms with van der Waals surface area (Å²) in [5.74, 6) is 1.27. The molecule has 15 heavy (non-hydrogen) atoms. The number of nitrogens with one attached hydrogen (secondary N) is 3. The van der Waals surface area contributed by atoms with Gasteiger partial charge in [0.2, 0.25) is 0 Å². The standard InChI is InChI=1S/C11H23N3O/c1-8(2)14-11(15)13-7-10-6-12-5-4-9(10)3/h8-10,12H,4-7H2,1-3H3,(H2,13,14,15). The van der Waals surface area contributed by atoms with Crippen molar-refractivity contribution in [2.24, 2.45) is 11.8 Å². The molecular formula is C11H23N3O. The molecular weight excluding hydrogens is 190 g/mol. The summed E-state index contributed by atoms with van der Waals surface area (Å²) in [7, 11) is 0. The van der Waals surface area contributed by atoms with E-state index in [2.05, 4.69) is 22.9 Å². The van der Waals surface area contributed by atoms with Crippen LogP contribution in [0.4, 0.5) is 4.79 Å². The molecule has 0 bridgehead atoms. The lowest BCUT2D eigenvalue weighted by Gasteiger charge is -2.29. The number of hydrogen-bond donors (Lipinski definition) is 3. The Kier molecular flexibility index (Phi) is 4.88. The molecule has 4 heteroatoms. The minimum Gasteiger partial charge on any atom is -0.338 e. The van der Waals surface area contributed by atoms with E-state index < -0.39 is 0 Å². The average Bonchev–Trinajstić information content (AvgIpc) is 2.15. The first kappa shape index (κ1) is 12.3. The zero-order chi connectivity index (χ0) is 11.3. The molecule has 88 valence electrons. The maximum atomic E-state index is 11.4. The van der Waals surface area contributed by atoms with Crippen molar-refractivity contribution in [1.82, 2.24) is 16.0 Å². The molecule has 0 aromatic carbocycles. The number of hydrogen-bond acceptors (Lipinski definition) is 2. The predicted octanol–water partition coefficient (Wildman–Crippen LogP) is 0.940. The number of amides is 2. The molecule has 2 unspecified atom stereocenters. The van der Waals surface area contributed by atoms with Crippen LogP contribution >= 0.6 is 0 Å². The molecule has 0 saturated carbocycles. The molecule has 0 radical (unpaired) electrons. The molecule has 1 aliphatic rings. The zero-order valence-electron chi connectivity index (χ0n) is 9.97. The fraction of sp³-hybridized carbons (Fsp3) is 0.909. The summed E-state index contributed by atoms with van der Waals surface area (Å²) in [6, 6.07) is 0.148. The van der Waals surface area contributed by atoms with Crippen LogP contribution in [-0.4, -0.2) is 31.7 Å². The second-order valence-corrected chi connectivity index (χ2v) is 4.74. The van der Waals surface area contributed by atoms with Gasteiger partial charge >= 0.3 is 6.03 Å². The summed E-state index contributed by atoms with van der Waals surface area (Å²) >= 11 is 0. The van der Waals surface area contributed by atoms with Crippen LogP contribution in [0.25, 0.3) is 0 Å². The van der Waals surface area contributed by atoms with Gasteiger partial charge in [-0.05, 0) is 45.2 Å². The van der Waals surface area contributed by atoms with Crippen molar-refractivity contribution in [2.45, 2.75) is 33.2 Å². The molecule has 2 amide bonds. The molecule has 1 heterocycles. The van der Waals surface area contributed by atoms with E-state index in [4.69, 9.17) is 0 Å². The molecule has 0 aromatic rings. The van der Waals surface area contributed by atoms with Gasteiger partial charge in [0.05, 0.1) is 0 Å². The SMILES string of the molecule is CC(C)NC(=O)NCC1CNCCC1C. The number of carbonyl (C=O) groups excluding carboxylic acids is 1. The molecule has 1 fully saturated rings. The van der Waals surface area contributed by atoms with E-state index in [0.29, 0.717) is 11.8 Å². The summed E-state index contributed by atoms with van der Waals surface area (Å²) in [4.78, 5) is 11.4. The Hall–Kier alpha value is -0.770. The topological polar surface area (TPSA) is 53.2 Å². The number of carbonyl (C=O) groups is 1. The van der Waals surface area contributed by atoms with E-state index in [1.165, 1.54) is 6.42 Å². The molecule has 3 N–H and O–H groups in total. The first-order chi connectivity index (χ1) is 7.09. The molecule has 0 aromatic heterocycles. The Morgan fingerprint density at radius 3 is 2.87 bits per heavy atom. The minimum atomic E-state index is -0.0530. The van der Waals surface area contributed by atoms with Crippen molar-refractivity contribution in [3.05, 3.63) is 0 Å². The van der Waals surface area contributed by atoms with Crippen molar-refractivity contribution in [3.63, 3.8) is 0 Å². The highest BCUT2D eigenvalue weighted by molar-refractivity contribution is 5.74. The second kappa shape index (κ2) is 5.95. The number of rotatable bonds is 3. The van der Waals surface area contributed by atoms with Crippen molar-refractivity contribution in [2.75, 3.05) is 19.6 Å². The van der Waals surface area contributed by atoms with Gasteiger partial charge < -0.3 is 16.0 Å². The molecule has 1 aliphatic heterocycles. The van der Waals surface area contributed by atoms with E-state index in [1.54, 1.807) is 0 Å². The lowest BCUT2D eigenvalue weighted by Crippen LogP contribution is -2.46. The molecule has 2 atom stereocenters. The van der Waals surface area contributed by atoms with Crippen molar-refractivity contribution < 1.29 is 4.79 Å². The van der Waals surface area contributed by atoms with Gasteiger partial charge in [-0.2, -0.15) is 0 Å². The van der Waals surface area contributed by atoms with Crippen LogP contribution in [0.5, 0.6) is 0 Å². The summed E-state index contributed by atoms with van der Waals surface area (Å²) in [5, 5.41) is 9.11. The fourth-order valence-corrected chi connectivity index (χ4v) is 1.86. The third kappa shape index (κ3) is 4.51. The number of piperidine rings is 1. The molecule has 1 saturated heterocycles. The molecule has 0 spiro atoms. The van der Waals surface area contributed by atoms with Gasteiger partial charge in [-0.25, -0.2) is 4.79 Å². The van der Waals surface area contributed by atoms with Crippen LogP contribution in [0, 0.1) is 11.8 Å². The third-order valence-electron chi connectivity index (χ3n) is 2.93. The first-order valence-electron chi connectivity index (χ1n) is 5.84.